The van der Waals surface area contributed by atoms with Crippen LogP contribution in [0.25, 0.3) is 11.1 Å². The summed E-state index contributed by atoms with van der Waals surface area (Å²) in [6, 6.07) is 22.7. The van der Waals surface area contributed by atoms with Crippen molar-refractivity contribution in [1.29, 1.82) is 0 Å². The van der Waals surface area contributed by atoms with Crippen LogP contribution in [0.4, 0.5) is 4.39 Å². The van der Waals surface area contributed by atoms with Crippen molar-refractivity contribution in [2.45, 2.75) is 18.7 Å². The summed E-state index contributed by atoms with van der Waals surface area (Å²) in [5.74, 6) is -0.348. The summed E-state index contributed by atoms with van der Waals surface area (Å²) in [4.78, 5) is 41.4. The summed E-state index contributed by atoms with van der Waals surface area (Å²) in [5, 5.41) is 5.75. The molecule has 6 bridgehead atoms. The number of rotatable bonds is 3. The molecule has 10 nitrogen and oxygen atoms in total. The van der Waals surface area contributed by atoms with Crippen LogP contribution in [0.15, 0.2) is 84.9 Å². The van der Waals surface area contributed by atoms with Crippen molar-refractivity contribution < 1.29 is 37.7 Å². The molecule has 0 spiro atoms. The molecule has 4 aromatic rings. The molecular formula is C35H32FN3O7. The molecule has 3 aliphatic rings. The van der Waals surface area contributed by atoms with Gasteiger partial charge < -0.3 is 34.5 Å². The topological polar surface area (TPSA) is 115 Å². The number of hydrogen-bond acceptors (Lipinski definition) is 7. The molecule has 46 heavy (non-hydrogen) atoms. The molecule has 3 amide bonds. The van der Waals surface area contributed by atoms with E-state index in [1.54, 1.807) is 65.6 Å². The maximum atomic E-state index is 15.1. The maximum Gasteiger partial charge on any atom is 0.258 e. The lowest BCUT2D eigenvalue weighted by Crippen LogP contribution is -2.45. The van der Waals surface area contributed by atoms with Gasteiger partial charge in [-0.15, -0.1) is 0 Å². The first-order chi connectivity index (χ1) is 22.3. The molecule has 0 aromatic heterocycles. The van der Waals surface area contributed by atoms with E-state index in [9.17, 15) is 14.4 Å². The van der Waals surface area contributed by atoms with Gasteiger partial charge in [0.15, 0.2) is 18.1 Å². The minimum atomic E-state index is -0.701. The van der Waals surface area contributed by atoms with Gasteiger partial charge in [0.1, 0.15) is 23.4 Å². The van der Waals surface area contributed by atoms with Crippen molar-refractivity contribution >= 4 is 17.7 Å². The number of carbonyl (C=O) groups is 3. The van der Waals surface area contributed by atoms with Gasteiger partial charge >= 0.3 is 0 Å². The summed E-state index contributed by atoms with van der Waals surface area (Å²) in [6.45, 7) is 0.326. The molecule has 3 heterocycles. The second kappa shape index (κ2) is 13.2. The Morgan fingerprint density at radius 3 is 2.46 bits per heavy atom. The van der Waals surface area contributed by atoms with Crippen LogP contribution in [0.2, 0.25) is 0 Å². The lowest BCUT2D eigenvalue weighted by molar-refractivity contribution is -0.123. The summed E-state index contributed by atoms with van der Waals surface area (Å²) < 4.78 is 38.0. The molecule has 236 valence electrons. The van der Waals surface area contributed by atoms with E-state index in [2.05, 4.69) is 10.6 Å². The summed E-state index contributed by atoms with van der Waals surface area (Å²) in [6.07, 6.45) is -0.666. The van der Waals surface area contributed by atoms with Crippen LogP contribution in [-0.4, -0.2) is 68.7 Å². The number of likely N-dealkylation sites (tertiary alicyclic amines) is 1. The molecule has 1 fully saturated rings. The summed E-state index contributed by atoms with van der Waals surface area (Å²) >= 11 is 0. The number of para-hydroxylation sites is 1. The number of carbonyl (C=O) groups excluding carboxylic acids is 3. The smallest absolute Gasteiger partial charge is 0.258 e. The number of nitrogens with one attached hydrogen (secondary N) is 2. The number of halogens is 1. The van der Waals surface area contributed by atoms with Gasteiger partial charge in [-0.25, -0.2) is 4.39 Å². The summed E-state index contributed by atoms with van der Waals surface area (Å²) in [7, 11) is 2.95. The Bertz CT molecular complexity index is 1780. The van der Waals surface area contributed by atoms with E-state index in [1.807, 2.05) is 12.1 Å². The Morgan fingerprint density at radius 2 is 1.67 bits per heavy atom. The molecule has 0 saturated carbocycles. The van der Waals surface area contributed by atoms with Gasteiger partial charge in [0, 0.05) is 13.1 Å². The number of hydrogen-bond donors (Lipinski definition) is 2. The van der Waals surface area contributed by atoms with Crippen LogP contribution in [0.3, 0.4) is 0 Å². The SMILES string of the molecule is COc1cccc(C(=O)N2C[C@@H]3NC(=O)c4cc(ccc4F)-c4cccc(c4)OCC(=O)NCc4ccc(cc4)O[C@H]3C2)c1OC. The van der Waals surface area contributed by atoms with E-state index in [4.69, 9.17) is 18.9 Å². The Morgan fingerprint density at radius 1 is 0.891 bits per heavy atom. The van der Waals surface area contributed by atoms with Crippen LogP contribution >= 0.6 is 0 Å². The number of nitrogens with zero attached hydrogens (tertiary/aromatic N) is 1. The average molecular weight is 626 g/mol. The largest absolute Gasteiger partial charge is 0.493 e. The number of ether oxygens (including phenoxy) is 4. The molecule has 3 aliphatic heterocycles. The molecule has 2 N–H and O–H groups in total. The van der Waals surface area contributed by atoms with E-state index in [-0.39, 0.29) is 43.6 Å². The van der Waals surface area contributed by atoms with Gasteiger partial charge in [-0.1, -0.05) is 36.4 Å². The molecular weight excluding hydrogens is 593 g/mol. The zero-order valence-electron chi connectivity index (χ0n) is 25.2. The average Bonchev–Trinajstić information content (AvgIpc) is 3.47. The zero-order chi connectivity index (χ0) is 32.2. The predicted molar refractivity (Wildman–Crippen MR) is 167 cm³/mol. The highest BCUT2D eigenvalue weighted by molar-refractivity contribution is 5.99. The van der Waals surface area contributed by atoms with E-state index in [1.165, 1.54) is 26.4 Å². The van der Waals surface area contributed by atoms with E-state index < -0.39 is 23.9 Å². The minimum Gasteiger partial charge on any atom is -0.493 e. The molecule has 1 saturated heterocycles. The molecule has 0 radical (unpaired) electrons. The molecule has 11 heteroatoms. The van der Waals surface area contributed by atoms with Crippen molar-refractivity contribution in [3.05, 3.63) is 107 Å². The highest BCUT2D eigenvalue weighted by Gasteiger charge is 2.39. The lowest BCUT2D eigenvalue weighted by atomic mass is 10.0. The third kappa shape index (κ3) is 6.44. The van der Waals surface area contributed by atoms with Crippen LogP contribution < -0.4 is 29.6 Å². The first-order valence-corrected chi connectivity index (χ1v) is 14.7. The van der Waals surface area contributed by atoms with Gasteiger partial charge in [0.05, 0.1) is 37.9 Å². The van der Waals surface area contributed by atoms with Crippen molar-refractivity contribution in [2.75, 3.05) is 33.9 Å². The first kappa shape index (κ1) is 30.4. The lowest BCUT2D eigenvalue weighted by Gasteiger charge is -2.21. The van der Waals surface area contributed by atoms with Crippen molar-refractivity contribution in [3.8, 4) is 34.1 Å². The van der Waals surface area contributed by atoms with E-state index in [0.29, 0.717) is 39.7 Å². The third-order valence-corrected chi connectivity index (χ3v) is 7.95. The van der Waals surface area contributed by atoms with E-state index >= 15 is 4.39 Å². The molecule has 2 atom stereocenters. The third-order valence-electron chi connectivity index (χ3n) is 7.95. The van der Waals surface area contributed by atoms with Crippen molar-refractivity contribution in [1.82, 2.24) is 15.5 Å². The number of benzene rings is 4. The maximum absolute atomic E-state index is 15.1. The molecule has 0 unspecified atom stereocenters. The quantitative estimate of drug-likeness (QED) is 0.351. The Balaban J connectivity index is 1.34. The Hall–Kier alpha value is -5.58. The zero-order valence-corrected chi connectivity index (χ0v) is 25.2. The number of fused-ring (bicyclic) bond motifs is 7. The van der Waals surface area contributed by atoms with Gasteiger partial charge in [-0.3, -0.25) is 14.4 Å². The standard InChI is InChI=1S/C35H32FN3O7/c1-43-30-8-4-7-26(33(30)44-2)35(42)39-18-29-31(19-39)46-24-12-9-21(10-13-24)17-37-32(40)20-45-25-6-3-5-22(15-25)23-11-14-28(36)27(16-23)34(41)38-29/h3-16,29,31H,17-20H2,1-2H3,(H,37,40)(H,38,41)/t29-,31-/m0/s1. The molecule has 7 rings (SSSR count). The first-order valence-electron chi connectivity index (χ1n) is 14.7. The number of methoxy groups -OCH3 is 2. The van der Waals surface area contributed by atoms with Crippen LogP contribution in [0.5, 0.6) is 23.0 Å². The van der Waals surface area contributed by atoms with Crippen molar-refractivity contribution in [2.24, 2.45) is 0 Å². The van der Waals surface area contributed by atoms with Gasteiger partial charge in [0.25, 0.3) is 17.7 Å². The highest BCUT2D eigenvalue weighted by Crippen LogP contribution is 2.33. The van der Waals surface area contributed by atoms with Crippen molar-refractivity contribution in [3.63, 3.8) is 0 Å². The molecule has 0 aliphatic carbocycles. The van der Waals surface area contributed by atoms with E-state index in [0.717, 1.165) is 5.56 Å². The van der Waals surface area contributed by atoms with Crippen LogP contribution in [-0.2, 0) is 11.3 Å². The Kier molecular flexibility index (Phi) is 8.73. The predicted octanol–water partition coefficient (Wildman–Crippen LogP) is 4.22. The van der Waals surface area contributed by atoms with Gasteiger partial charge in [0.2, 0.25) is 0 Å². The normalized spacial score (nSPS) is 17.9. The second-order valence-electron chi connectivity index (χ2n) is 10.9. The van der Waals surface area contributed by atoms with Crippen LogP contribution in [0.1, 0.15) is 26.3 Å². The molecule has 4 aromatic carbocycles. The highest BCUT2D eigenvalue weighted by atomic mass is 19.1. The van der Waals surface area contributed by atoms with Gasteiger partial charge in [-0.05, 0) is 65.2 Å². The fourth-order valence-corrected chi connectivity index (χ4v) is 5.58. The second-order valence-corrected chi connectivity index (χ2v) is 10.9. The Labute approximate surface area is 265 Å². The number of amides is 3. The fourth-order valence-electron chi connectivity index (χ4n) is 5.58. The van der Waals surface area contributed by atoms with Crippen LogP contribution in [0, 0.1) is 5.82 Å². The summed E-state index contributed by atoms with van der Waals surface area (Å²) in [5.41, 5.74) is 2.22. The van der Waals surface area contributed by atoms with Gasteiger partial charge in [-0.2, -0.15) is 0 Å². The minimum absolute atomic E-state index is 0.0976. The monoisotopic (exact) mass is 625 g/mol. The fraction of sp³-hybridized carbons (Fsp3) is 0.229.